The van der Waals surface area contributed by atoms with Gasteiger partial charge in [-0.2, -0.15) is 5.10 Å². The van der Waals surface area contributed by atoms with Crippen molar-refractivity contribution < 1.29 is 0 Å². The minimum Gasteiger partial charge on any atom is -0.335 e. The standard InChI is InChI=1S/C27H27N3/c1-18-16-19(2)30(28-18)22-13-10-20(11-14-22)21-12-15-24-23-8-6-7-9-25(23)29(26(24)17-21)27(3,4)5/h6-17H,1-5H3. The van der Waals surface area contributed by atoms with Gasteiger partial charge in [0.15, 0.2) is 0 Å². The van der Waals surface area contributed by atoms with Gasteiger partial charge in [-0.15, -0.1) is 0 Å². The number of aryl methyl sites for hydroxylation is 2. The Morgan fingerprint density at radius 1 is 0.700 bits per heavy atom. The van der Waals surface area contributed by atoms with Gasteiger partial charge in [-0.3, -0.25) is 0 Å². The van der Waals surface area contributed by atoms with E-state index in [4.69, 9.17) is 0 Å². The van der Waals surface area contributed by atoms with E-state index in [2.05, 4.69) is 110 Å². The van der Waals surface area contributed by atoms with Crippen molar-refractivity contribution in [2.45, 2.75) is 40.2 Å². The van der Waals surface area contributed by atoms with Gasteiger partial charge in [-0.05, 0) is 76.1 Å². The number of benzene rings is 3. The number of para-hydroxylation sites is 1. The van der Waals surface area contributed by atoms with Gasteiger partial charge in [0.25, 0.3) is 0 Å². The second-order valence-electron chi connectivity index (χ2n) is 9.14. The summed E-state index contributed by atoms with van der Waals surface area (Å²) in [5, 5.41) is 7.22. The fourth-order valence-electron chi connectivity index (χ4n) is 4.56. The quantitative estimate of drug-likeness (QED) is 0.316. The van der Waals surface area contributed by atoms with E-state index in [-0.39, 0.29) is 5.54 Å². The molecule has 3 nitrogen and oxygen atoms in total. The smallest absolute Gasteiger partial charge is 0.0649 e. The van der Waals surface area contributed by atoms with Crippen LogP contribution in [0.1, 0.15) is 32.2 Å². The Labute approximate surface area is 177 Å². The molecule has 0 amide bonds. The lowest BCUT2D eigenvalue weighted by Crippen LogP contribution is -2.21. The van der Waals surface area contributed by atoms with Gasteiger partial charge in [-0.1, -0.05) is 42.5 Å². The minimum absolute atomic E-state index is 0.000682. The zero-order chi connectivity index (χ0) is 21.0. The van der Waals surface area contributed by atoms with Crippen molar-refractivity contribution in [2.24, 2.45) is 0 Å². The van der Waals surface area contributed by atoms with Gasteiger partial charge >= 0.3 is 0 Å². The minimum atomic E-state index is -0.000682. The van der Waals surface area contributed by atoms with Crippen molar-refractivity contribution in [1.82, 2.24) is 14.3 Å². The number of rotatable bonds is 2. The third-order valence-electron chi connectivity index (χ3n) is 5.80. The van der Waals surface area contributed by atoms with Crippen LogP contribution in [0.15, 0.2) is 72.8 Å². The molecule has 0 saturated carbocycles. The molecule has 0 radical (unpaired) electrons. The SMILES string of the molecule is Cc1cc(C)n(-c2ccc(-c3ccc4c5ccccc5n(C(C)(C)C)c4c3)cc2)n1. The lowest BCUT2D eigenvalue weighted by atomic mass is 10.0. The molecule has 2 aromatic heterocycles. The Hall–Kier alpha value is -3.33. The highest BCUT2D eigenvalue weighted by Crippen LogP contribution is 2.36. The fourth-order valence-corrected chi connectivity index (χ4v) is 4.56. The number of aromatic nitrogens is 3. The largest absolute Gasteiger partial charge is 0.335 e. The molecule has 0 aliphatic carbocycles. The van der Waals surface area contributed by atoms with Crippen molar-refractivity contribution in [3.8, 4) is 16.8 Å². The van der Waals surface area contributed by atoms with E-state index >= 15 is 0 Å². The summed E-state index contributed by atoms with van der Waals surface area (Å²) < 4.78 is 4.46. The lowest BCUT2D eigenvalue weighted by molar-refractivity contribution is 0.423. The molecule has 3 heteroatoms. The van der Waals surface area contributed by atoms with Crippen LogP contribution in [0.25, 0.3) is 38.6 Å². The molecule has 3 aromatic carbocycles. The summed E-state index contributed by atoms with van der Waals surface area (Å²) in [6.45, 7) is 10.9. The van der Waals surface area contributed by atoms with Crippen LogP contribution in [0, 0.1) is 13.8 Å². The molecule has 5 rings (SSSR count). The molecule has 0 spiro atoms. The summed E-state index contributed by atoms with van der Waals surface area (Å²) >= 11 is 0. The Kier molecular flexibility index (Phi) is 4.11. The molecule has 0 aliphatic rings. The number of hydrogen-bond acceptors (Lipinski definition) is 1. The zero-order valence-electron chi connectivity index (χ0n) is 18.3. The first-order valence-electron chi connectivity index (χ1n) is 10.5. The lowest BCUT2D eigenvalue weighted by Gasteiger charge is -2.24. The normalized spacial score (nSPS) is 12.2. The van der Waals surface area contributed by atoms with Crippen LogP contribution in [0.4, 0.5) is 0 Å². The maximum Gasteiger partial charge on any atom is 0.0649 e. The number of nitrogens with zero attached hydrogens (tertiary/aromatic N) is 3. The van der Waals surface area contributed by atoms with Gasteiger partial charge in [0.2, 0.25) is 0 Å². The average Bonchev–Trinajstić information content (AvgIpc) is 3.23. The van der Waals surface area contributed by atoms with Crippen molar-refractivity contribution in [3.63, 3.8) is 0 Å². The van der Waals surface area contributed by atoms with E-state index in [0.29, 0.717) is 0 Å². The summed E-state index contributed by atoms with van der Waals surface area (Å²) in [6.07, 6.45) is 0. The molecule has 150 valence electrons. The van der Waals surface area contributed by atoms with Crippen molar-refractivity contribution in [1.29, 1.82) is 0 Å². The van der Waals surface area contributed by atoms with Crippen molar-refractivity contribution in [2.75, 3.05) is 0 Å². The van der Waals surface area contributed by atoms with Crippen LogP contribution in [0.2, 0.25) is 0 Å². The third-order valence-corrected chi connectivity index (χ3v) is 5.80. The van der Waals surface area contributed by atoms with Crippen LogP contribution in [-0.2, 0) is 5.54 Å². The second kappa shape index (κ2) is 6.60. The van der Waals surface area contributed by atoms with Crippen molar-refractivity contribution in [3.05, 3.63) is 84.2 Å². The summed E-state index contributed by atoms with van der Waals surface area (Å²) in [5.74, 6) is 0. The Morgan fingerprint density at radius 2 is 1.37 bits per heavy atom. The van der Waals surface area contributed by atoms with E-state index in [1.54, 1.807) is 0 Å². The zero-order valence-corrected chi connectivity index (χ0v) is 18.3. The first-order valence-corrected chi connectivity index (χ1v) is 10.5. The molecule has 0 atom stereocenters. The highest BCUT2D eigenvalue weighted by atomic mass is 15.3. The molecule has 0 N–H and O–H groups in total. The topological polar surface area (TPSA) is 22.8 Å². The Balaban J connectivity index is 1.65. The fraction of sp³-hybridized carbons (Fsp3) is 0.222. The second-order valence-corrected chi connectivity index (χ2v) is 9.14. The van der Waals surface area contributed by atoms with E-state index in [0.717, 1.165) is 17.1 Å². The summed E-state index contributed by atoms with van der Waals surface area (Å²) in [5.41, 5.74) is 8.30. The molecule has 30 heavy (non-hydrogen) atoms. The summed E-state index contributed by atoms with van der Waals surface area (Å²) in [6, 6.07) is 26.3. The summed E-state index contributed by atoms with van der Waals surface area (Å²) in [7, 11) is 0. The van der Waals surface area contributed by atoms with E-state index in [1.807, 2.05) is 11.6 Å². The molecule has 0 bridgehead atoms. The van der Waals surface area contributed by atoms with Gasteiger partial charge in [0, 0.05) is 27.5 Å². The predicted octanol–water partition coefficient (Wildman–Crippen LogP) is 7.02. The Morgan fingerprint density at radius 3 is 2.03 bits per heavy atom. The molecular formula is C27H27N3. The van der Waals surface area contributed by atoms with E-state index < -0.39 is 0 Å². The first-order chi connectivity index (χ1) is 14.3. The van der Waals surface area contributed by atoms with Crippen LogP contribution in [0.5, 0.6) is 0 Å². The summed E-state index contributed by atoms with van der Waals surface area (Å²) in [4.78, 5) is 0. The third kappa shape index (κ3) is 2.93. The highest BCUT2D eigenvalue weighted by molar-refractivity contribution is 6.09. The number of hydrogen-bond donors (Lipinski definition) is 0. The monoisotopic (exact) mass is 393 g/mol. The average molecular weight is 394 g/mol. The van der Waals surface area contributed by atoms with E-state index in [1.165, 1.54) is 32.9 Å². The molecule has 0 aliphatic heterocycles. The molecule has 2 heterocycles. The van der Waals surface area contributed by atoms with Crippen LogP contribution in [-0.4, -0.2) is 14.3 Å². The molecule has 5 aromatic rings. The van der Waals surface area contributed by atoms with Crippen LogP contribution < -0.4 is 0 Å². The van der Waals surface area contributed by atoms with Crippen LogP contribution >= 0.6 is 0 Å². The maximum absolute atomic E-state index is 4.60. The molecule has 0 fully saturated rings. The van der Waals surface area contributed by atoms with Gasteiger partial charge in [0.1, 0.15) is 0 Å². The van der Waals surface area contributed by atoms with Gasteiger partial charge < -0.3 is 4.57 Å². The van der Waals surface area contributed by atoms with Gasteiger partial charge in [0.05, 0.1) is 16.9 Å². The predicted molar refractivity (Wildman–Crippen MR) is 126 cm³/mol. The molecular weight excluding hydrogens is 366 g/mol. The van der Waals surface area contributed by atoms with E-state index in [9.17, 15) is 0 Å². The molecule has 0 unspecified atom stereocenters. The molecule has 0 saturated heterocycles. The van der Waals surface area contributed by atoms with Crippen LogP contribution in [0.3, 0.4) is 0 Å². The number of fused-ring (bicyclic) bond motifs is 3. The highest BCUT2D eigenvalue weighted by Gasteiger charge is 2.20. The van der Waals surface area contributed by atoms with Crippen molar-refractivity contribution >= 4 is 21.8 Å². The maximum atomic E-state index is 4.60. The first kappa shape index (κ1) is 18.7. The Bertz CT molecular complexity index is 1380. The van der Waals surface area contributed by atoms with Gasteiger partial charge in [-0.25, -0.2) is 4.68 Å².